The van der Waals surface area contributed by atoms with E-state index >= 15 is 0 Å². The van der Waals surface area contributed by atoms with Gasteiger partial charge in [0.15, 0.2) is 0 Å². The minimum atomic E-state index is 0.302. The lowest BCUT2D eigenvalue weighted by Gasteiger charge is -2.05. The Morgan fingerprint density at radius 2 is 2.00 bits per heavy atom. The van der Waals surface area contributed by atoms with Crippen molar-refractivity contribution in [3.05, 3.63) is 54.0 Å². The van der Waals surface area contributed by atoms with Gasteiger partial charge in [-0.3, -0.25) is 0 Å². The Balaban J connectivity index is 1.78. The van der Waals surface area contributed by atoms with Crippen LogP contribution in [-0.4, -0.2) is 6.61 Å². The Hall–Kier alpha value is -2.18. The van der Waals surface area contributed by atoms with Crippen LogP contribution in [0.5, 0.6) is 5.75 Å². The molecule has 92 valence electrons. The van der Waals surface area contributed by atoms with Gasteiger partial charge in [-0.15, -0.1) is 6.42 Å². The second-order valence-corrected chi connectivity index (χ2v) is 3.82. The van der Waals surface area contributed by atoms with Crippen molar-refractivity contribution in [3.63, 3.8) is 0 Å². The van der Waals surface area contributed by atoms with Gasteiger partial charge in [0.05, 0.1) is 12.8 Å². The molecule has 0 atom stereocenters. The molecule has 0 saturated carbocycles. The van der Waals surface area contributed by atoms with Crippen LogP contribution in [0.15, 0.2) is 47.1 Å². The number of rotatable bonds is 6. The number of hydrogen-bond donors (Lipinski definition) is 1. The summed E-state index contributed by atoms with van der Waals surface area (Å²) >= 11 is 0. The molecule has 0 fully saturated rings. The largest absolute Gasteiger partial charge is 0.481 e. The predicted octanol–water partition coefficient (Wildman–Crippen LogP) is 2.58. The SMILES string of the molecule is C#CCOc1ccc(CNCc2ccco2)cc1. The van der Waals surface area contributed by atoms with Crippen molar-refractivity contribution >= 4 is 0 Å². The fourth-order valence-corrected chi connectivity index (χ4v) is 1.57. The first-order valence-corrected chi connectivity index (χ1v) is 5.77. The van der Waals surface area contributed by atoms with E-state index in [1.165, 1.54) is 5.56 Å². The maximum atomic E-state index is 5.30. The topological polar surface area (TPSA) is 34.4 Å². The molecule has 3 heteroatoms. The van der Waals surface area contributed by atoms with Crippen LogP contribution in [0.2, 0.25) is 0 Å². The van der Waals surface area contributed by atoms with Gasteiger partial charge in [-0.25, -0.2) is 0 Å². The molecule has 0 spiro atoms. The molecular formula is C15H15NO2. The average molecular weight is 241 g/mol. The molecule has 0 amide bonds. The molecule has 1 aromatic carbocycles. The van der Waals surface area contributed by atoms with Crippen molar-refractivity contribution in [2.45, 2.75) is 13.1 Å². The van der Waals surface area contributed by atoms with E-state index in [-0.39, 0.29) is 0 Å². The van der Waals surface area contributed by atoms with Gasteiger partial charge in [0.2, 0.25) is 0 Å². The van der Waals surface area contributed by atoms with Crippen molar-refractivity contribution in [3.8, 4) is 18.1 Å². The normalized spacial score (nSPS) is 9.94. The van der Waals surface area contributed by atoms with Gasteiger partial charge >= 0.3 is 0 Å². The summed E-state index contributed by atoms with van der Waals surface area (Å²) in [5.41, 5.74) is 1.19. The van der Waals surface area contributed by atoms with E-state index in [0.717, 1.165) is 24.6 Å². The van der Waals surface area contributed by atoms with Gasteiger partial charge in [-0.1, -0.05) is 18.1 Å². The number of benzene rings is 1. The van der Waals surface area contributed by atoms with E-state index < -0.39 is 0 Å². The number of furan rings is 1. The molecule has 18 heavy (non-hydrogen) atoms. The minimum Gasteiger partial charge on any atom is -0.481 e. The molecule has 1 aromatic heterocycles. The molecule has 1 heterocycles. The summed E-state index contributed by atoms with van der Waals surface area (Å²) in [4.78, 5) is 0. The minimum absolute atomic E-state index is 0.302. The maximum Gasteiger partial charge on any atom is 0.148 e. The van der Waals surface area contributed by atoms with Gasteiger partial charge in [0.25, 0.3) is 0 Å². The molecule has 2 rings (SSSR count). The molecule has 0 aliphatic heterocycles. The number of ether oxygens (including phenoxy) is 1. The van der Waals surface area contributed by atoms with Crippen LogP contribution in [0, 0.1) is 12.3 Å². The molecule has 2 aromatic rings. The molecule has 0 bridgehead atoms. The lowest BCUT2D eigenvalue weighted by atomic mass is 10.2. The van der Waals surface area contributed by atoms with Crippen molar-refractivity contribution < 1.29 is 9.15 Å². The van der Waals surface area contributed by atoms with Crippen LogP contribution in [0.4, 0.5) is 0 Å². The van der Waals surface area contributed by atoms with Gasteiger partial charge < -0.3 is 14.5 Å². The van der Waals surface area contributed by atoms with Crippen molar-refractivity contribution in [1.82, 2.24) is 5.32 Å². The summed E-state index contributed by atoms with van der Waals surface area (Å²) < 4.78 is 10.5. The third kappa shape index (κ3) is 3.69. The second-order valence-electron chi connectivity index (χ2n) is 3.82. The van der Waals surface area contributed by atoms with E-state index in [9.17, 15) is 0 Å². The van der Waals surface area contributed by atoms with Crippen LogP contribution in [0.1, 0.15) is 11.3 Å². The first-order chi connectivity index (χ1) is 8.88. The highest BCUT2D eigenvalue weighted by Gasteiger charge is 1.97. The predicted molar refractivity (Wildman–Crippen MR) is 70.0 cm³/mol. The van der Waals surface area contributed by atoms with Gasteiger partial charge in [-0.2, -0.15) is 0 Å². The van der Waals surface area contributed by atoms with Crippen LogP contribution in [-0.2, 0) is 13.1 Å². The molecule has 0 radical (unpaired) electrons. The summed E-state index contributed by atoms with van der Waals surface area (Å²) in [6, 6.07) is 11.7. The number of nitrogens with one attached hydrogen (secondary N) is 1. The Morgan fingerprint density at radius 3 is 2.67 bits per heavy atom. The molecule has 0 aliphatic carbocycles. The monoisotopic (exact) mass is 241 g/mol. The summed E-state index contributed by atoms with van der Waals surface area (Å²) in [5.74, 6) is 4.16. The third-order valence-corrected chi connectivity index (χ3v) is 2.45. The molecular weight excluding hydrogens is 226 g/mol. The smallest absolute Gasteiger partial charge is 0.148 e. The van der Waals surface area contributed by atoms with Crippen molar-refractivity contribution in [2.24, 2.45) is 0 Å². The molecule has 0 aliphatic rings. The highest BCUT2D eigenvalue weighted by Crippen LogP contribution is 2.12. The molecule has 3 nitrogen and oxygen atoms in total. The molecule has 0 saturated heterocycles. The molecule has 0 unspecified atom stereocenters. The van der Waals surface area contributed by atoms with E-state index in [1.54, 1.807) is 6.26 Å². The quantitative estimate of drug-likeness (QED) is 0.789. The Labute approximate surface area is 107 Å². The summed E-state index contributed by atoms with van der Waals surface area (Å²) in [6.45, 7) is 1.81. The van der Waals surface area contributed by atoms with E-state index in [0.29, 0.717) is 6.61 Å². The first-order valence-electron chi connectivity index (χ1n) is 5.77. The van der Waals surface area contributed by atoms with Crippen molar-refractivity contribution in [1.29, 1.82) is 0 Å². The number of terminal acetylenes is 1. The van der Waals surface area contributed by atoms with Crippen LogP contribution >= 0.6 is 0 Å². The maximum absolute atomic E-state index is 5.30. The lowest BCUT2D eigenvalue weighted by molar-refractivity contribution is 0.370. The van der Waals surface area contributed by atoms with Crippen molar-refractivity contribution in [2.75, 3.05) is 6.61 Å². The van der Waals surface area contributed by atoms with E-state index in [4.69, 9.17) is 15.6 Å². The average Bonchev–Trinajstić information content (AvgIpc) is 2.91. The standard InChI is InChI=1S/C15H15NO2/c1-2-9-17-14-7-5-13(6-8-14)11-16-12-15-4-3-10-18-15/h1,3-8,10,16H,9,11-12H2. The Kier molecular flexibility index (Phi) is 4.46. The van der Waals surface area contributed by atoms with E-state index in [1.807, 2.05) is 36.4 Å². The van der Waals surface area contributed by atoms with Gasteiger partial charge in [0.1, 0.15) is 18.1 Å². The zero-order chi connectivity index (χ0) is 12.6. The first kappa shape index (κ1) is 12.3. The lowest BCUT2D eigenvalue weighted by Crippen LogP contribution is -2.11. The Bertz CT molecular complexity index is 494. The van der Waals surface area contributed by atoms with Crippen LogP contribution < -0.4 is 10.1 Å². The highest BCUT2D eigenvalue weighted by atomic mass is 16.5. The summed E-state index contributed by atoms with van der Waals surface area (Å²) in [6.07, 6.45) is 6.80. The number of hydrogen-bond acceptors (Lipinski definition) is 3. The fraction of sp³-hybridized carbons (Fsp3) is 0.200. The highest BCUT2D eigenvalue weighted by molar-refractivity contribution is 5.27. The summed E-state index contributed by atoms with van der Waals surface area (Å²) in [5, 5.41) is 3.30. The fourth-order valence-electron chi connectivity index (χ4n) is 1.57. The third-order valence-electron chi connectivity index (χ3n) is 2.45. The summed E-state index contributed by atoms with van der Waals surface area (Å²) in [7, 11) is 0. The second kappa shape index (κ2) is 6.53. The molecule has 1 N–H and O–H groups in total. The van der Waals surface area contributed by atoms with Crippen LogP contribution in [0.25, 0.3) is 0 Å². The Morgan fingerprint density at radius 1 is 1.17 bits per heavy atom. The van der Waals surface area contributed by atoms with Gasteiger partial charge in [-0.05, 0) is 29.8 Å². The van der Waals surface area contributed by atoms with Crippen LogP contribution in [0.3, 0.4) is 0 Å². The zero-order valence-electron chi connectivity index (χ0n) is 10.1. The van der Waals surface area contributed by atoms with Gasteiger partial charge in [0, 0.05) is 6.54 Å². The zero-order valence-corrected chi connectivity index (χ0v) is 10.1. The van der Waals surface area contributed by atoms with E-state index in [2.05, 4.69) is 11.2 Å².